The third-order valence-corrected chi connectivity index (χ3v) is 4.77. The van der Waals surface area contributed by atoms with Crippen LogP contribution in [0.25, 0.3) is 0 Å². The van der Waals surface area contributed by atoms with Crippen molar-refractivity contribution in [3.63, 3.8) is 0 Å². The highest BCUT2D eigenvalue weighted by molar-refractivity contribution is 6.05. The van der Waals surface area contributed by atoms with Gasteiger partial charge in [-0.05, 0) is 42.5 Å². The summed E-state index contributed by atoms with van der Waals surface area (Å²) < 4.78 is 10.7. The predicted molar refractivity (Wildman–Crippen MR) is 102 cm³/mol. The lowest BCUT2D eigenvalue weighted by molar-refractivity contribution is -0.131. The SMILES string of the molecule is COc1cccc(OCC(=O)C(NC2CCCc3ccccc32)C(N)=O)c1. The van der Waals surface area contributed by atoms with E-state index in [4.69, 9.17) is 15.2 Å². The molecule has 6 heteroatoms. The zero-order valence-corrected chi connectivity index (χ0v) is 15.3. The molecule has 0 radical (unpaired) electrons. The van der Waals surface area contributed by atoms with Gasteiger partial charge >= 0.3 is 0 Å². The molecule has 0 fully saturated rings. The maximum atomic E-state index is 12.6. The average Bonchev–Trinajstić information content (AvgIpc) is 2.70. The van der Waals surface area contributed by atoms with E-state index in [9.17, 15) is 9.59 Å². The molecule has 0 saturated carbocycles. The quantitative estimate of drug-likeness (QED) is 0.697. The number of amides is 1. The van der Waals surface area contributed by atoms with Gasteiger partial charge < -0.3 is 15.2 Å². The lowest BCUT2D eigenvalue weighted by Crippen LogP contribution is -2.50. The van der Waals surface area contributed by atoms with Gasteiger partial charge in [-0.15, -0.1) is 0 Å². The number of fused-ring (bicyclic) bond motifs is 1. The first-order valence-corrected chi connectivity index (χ1v) is 9.01. The Labute approximate surface area is 158 Å². The van der Waals surface area contributed by atoms with Crippen LogP contribution in [-0.2, 0) is 16.0 Å². The molecule has 0 spiro atoms. The van der Waals surface area contributed by atoms with Crippen molar-refractivity contribution < 1.29 is 19.1 Å². The van der Waals surface area contributed by atoms with Crippen LogP contribution in [0.15, 0.2) is 48.5 Å². The molecule has 0 aromatic heterocycles. The minimum Gasteiger partial charge on any atom is -0.497 e. The molecule has 142 valence electrons. The Kier molecular flexibility index (Phi) is 6.08. The number of benzene rings is 2. The lowest BCUT2D eigenvalue weighted by Gasteiger charge is -2.29. The highest BCUT2D eigenvalue weighted by Gasteiger charge is 2.30. The fourth-order valence-electron chi connectivity index (χ4n) is 3.39. The van der Waals surface area contributed by atoms with Gasteiger partial charge in [0.15, 0.2) is 5.78 Å². The molecule has 0 heterocycles. The molecule has 1 amide bonds. The number of Topliss-reactive ketones (excluding diaryl/α,β-unsaturated/α-hetero) is 1. The van der Waals surface area contributed by atoms with E-state index in [-0.39, 0.29) is 12.6 Å². The van der Waals surface area contributed by atoms with Crippen molar-refractivity contribution >= 4 is 11.7 Å². The van der Waals surface area contributed by atoms with Crippen LogP contribution >= 0.6 is 0 Å². The number of rotatable bonds is 8. The summed E-state index contributed by atoms with van der Waals surface area (Å²) in [5.74, 6) is 0.0305. The van der Waals surface area contributed by atoms with Crippen LogP contribution in [-0.4, -0.2) is 31.4 Å². The van der Waals surface area contributed by atoms with Crippen molar-refractivity contribution in [2.75, 3.05) is 13.7 Å². The second kappa shape index (κ2) is 8.68. The van der Waals surface area contributed by atoms with Gasteiger partial charge in [0, 0.05) is 12.1 Å². The van der Waals surface area contributed by atoms with Crippen LogP contribution in [0.5, 0.6) is 11.5 Å². The molecular formula is C21H24N2O4. The molecule has 3 rings (SSSR count). The number of nitrogens with one attached hydrogen (secondary N) is 1. The molecule has 1 aliphatic rings. The van der Waals surface area contributed by atoms with Gasteiger partial charge in [-0.1, -0.05) is 30.3 Å². The Morgan fingerprint density at radius 3 is 2.74 bits per heavy atom. The molecule has 0 saturated heterocycles. The number of aryl methyl sites for hydroxylation is 1. The van der Waals surface area contributed by atoms with Crippen molar-refractivity contribution in [3.8, 4) is 11.5 Å². The molecule has 0 bridgehead atoms. The molecule has 0 aliphatic heterocycles. The first-order chi connectivity index (χ1) is 13.1. The molecule has 27 heavy (non-hydrogen) atoms. The van der Waals surface area contributed by atoms with E-state index in [0.29, 0.717) is 11.5 Å². The third-order valence-electron chi connectivity index (χ3n) is 4.77. The van der Waals surface area contributed by atoms with Crippen LogP contribution in [0.4, 0.5) is 0 Å². The van der Waals surface area contributed by atoms with E-state index in [1.165, 1.54) is 5.56 Å². The van der Waals surface area contributed by atoms with Crippen LogP contribution < -0.4 is 20.5 Å². The number of ether oxygens (including phenoxy) is 2. The standard InChI is InChI=1S/C21H24N2O4/c1-26-15-8-5-9-16(12-15)27-13-19(24)20(21(22)25)23-18-11-4-7-14-6-2-3-10-17(14)18/h2-3,5-6,8-10,12,18,20,23H,4,7,11,13H2,1H3,(H2,22,25). The number of carbonyl (C=O) groups excluding carboxylic acids is 2. The number of hydrogen-bond donors (Lipinski definition) is 2. The smallest absolute Gasteiger partial charge is 0.242 e. The highest BCUT2D eigenvalue weighted by Crippen LogP contribution is 2.29. The highest BCUT2D eigenvalue weighted by atomic mass is 16.5. The lowest BCUT2D eigenvalue weighted by atomic mass is 9.87. The summed E-state index contributed by atoms with van der Waals surface area (Å²) in [6, 6.07) is 13.9. The van der Waals surface area contributed by atoms with Gasteiger partial charge in [0.2, 0.25) is 5.91 Å². The minimum absolute atomic E-state index is 0.0757. The fraction of sp³-hybridized carbons (Fsp3) is 0.333. The maximum Gasteiger partial charge on any atom is 0.242 e. The molecule has 2 unspecified atom stereocenters. The van der Waals surface area contributed by atoms with Gasteiger partial charge in [0.05, 0.1) is 7.11 Å². The number of nitrogens with two attached hydrogens (primary N) is 1. The monoisotopic (exact) mass is 368 g/mol. The summed E-state index contributed by atoms with van der Waals surface area (Å²) in [5.41, 5.74) is 7.85. The number of primary amides is 1. The van der Waals surface area contributed by atoms with Crippen LogP contribution in [0.3, 0.4) is 0 Å². The fourth-order valence-corrected chi connectivity index (χ4v) is 3.39. The molecular weight excluding hydrogens is 344 g/mol. The summed E-state index contributed by atoms with van der Waals surface area (Å²) >= 11 is 0. The van der Waals surface area contributed by atoms with Crippen LogP contribution in [0, 0.1) is 0 Å². The summed E-state index contributed by atoms with van der Waals surface area (Å²) in [6.07, 6.45) is 2.85. The Bertz CT molecular complexity index is 821. The average molecular weight is 368 g/mol. The Balaban J connectivity index is 1.67. The van der Waals surface area contributed by atoms with E-state index in [1.54, 1.807) is 31.4 Å². The molecule has 2 aromatic rings. The molecule has 2 atom stereocenters. The number of methoxy groups -OCH3 is 1. The summed E-state index contributed by atoms with van der Waals surface area (Å²) in [7, 11) is 1.55. The molecule has 1 aliphatic carbocycles. The Hall–Kier alpha value is -2.86. The van der Waals surface area contributed by atoms with Gasteiger partial charge in [-0.25, -0.2) is 0 Å². The van der Waals surface area contributed by atoms with Gasteiger partial charge in [-0.2, -0.15) is 0 Å². The number of carbonyl (C=O) groups is 2. The van der Waals surface area contributed by atoms with Gasteiger partial charge in [0.1, 0.15) is 24.1 Å². The summed E-state index contributed by atoms with van der Waals surface area (Å²) in [5, 5.41) is 3.14. The third kappa shape index (κ3) is 4.65. The van der Waals surface area contributed by atoms with E-state index in [0.717, 1.165) is 24.8 Å². The zero-order valence-electron chi connectivity index (χ0n) is 15.3. The molecule has 3 N–H and O–H groups in total. The first kappa shape index (κ1) is 18.9. The van der Waals surface area contributed by atoms with Crippen molar-refractivity contribution in [2.45, 2.75) is 31.3 Å². The second-order valence-corrected chi connectivity index (χ2v) is 6.58. The van der Waals surface area contributed by atoms with Gasteiger partial charge in [0.25, 0.3) is 0 Å². The summed E-state index contributed by atoms with van der Waals surface area (Å²) in [6.45, 7) is -0.248. The maximum absolute atomic E-state index is 12.6. The Morgan fingerprint density at radius 1 is 1.19 bits per heavy atom. The first-order valence-electron chi connectivity index (χ1n) is 9.01. The van der Waals surface area contributed by atoms with E-state index >= 15 is 0 Å². The van der Waals surface area contributed by atoms with Crippen molar-refractivity contribution in [1.82, 2.24) is 5.32 Å². The minimum atomic E-state index is -1.09. The molecule has 6 nitrogen and oxygen atoms in total. The zero-order chi connectivity index (χ0) is 19.2. The van der Waals surface area contributed by atoms with Crippen molar-refractivity contribution in [3.05, 3.63) is 59.7 Å². The van der Waals surface area contributed by atoms with Gasteiger partial charge in [-0.3, -0.25) is 14.9 Å². The molecule has 2 aromatic carbocycles. The number of ketones is 1. The van der Waals surface area contributed by atoms with E-state index in [2.05, 4.69) is 11.4 Å². The Morgan fingerprint density at radius 2 is 1.96 bits per heavy atom. The predicted octanol–water partition coefficient (Wildman–Crippen LogP) is 2.16. The van der Waals surface area contributed by atoms with Crippen molar-refractivity contribution in [2.24, 2.45) is 5.73 Å². The van der Waals surface area contributed by atoms with Crippen molar-refractivity contribution in [1.29, 1.82) is 0 Å². The summed E-state index contributed by atoms with van der Waals surface area (Å²) in [4.78, 5) is 24.5. The van der Waals surface area contributed by atoms with E-state index in [1.807, 2.05) is 18.2 Å². The largest absolute Gasteiger partial charge is 0.497 e. The number of hydrogen-bond acceptors (Lipinski definition) is 5. The topological polar surface area (TPSA) is 90.7 Å². The second-order valence-electron chi connectivity index (χ2n) is 6.58. The van der Waals surface area contributed by atoms with Crippen LogP contribution in [0.2, 0.25) is 0 Å². The normalized spacial score (nSPS) is 16.9. The van der Waals surface area contributed by atoms with Crippen LogP contribution in [0.1, 0.15) is 30.0 Å². The van der Waals surface area contributed by atoms with E-state index < -0.39 is 17.7 Å².